The van der Waals surface area contributed by atoms with Crippen LogP contribution in [0.4, 0.5) is 4.39 Å². The fourth-order valence-corrected chi connectivity index (χ4v) is 1.97. The summed E-state index contributed by atoms with van der Waals surface area (Å²) in [6.07, 6.45) is 1.45. The number of amides is 1. The van der Waals surface area contributed by atoms with E-state index in [-0.39, 0.29) is 18.1 Å². The molecule has 0 spiro atoms. The number of benzene rings is 1. The van der Waals surface area contributed by atoms with Crippen LogP contribution in [0.5, 0.6) is 0 Å². The molecule has 1 heterocycles. The third-order valence-corrected chi connectivity index (χ3v) is 3.08. The van der Waals surface area contributed by atoms with Crippen molar-refractivity contribution >= 4 is 21.8 Å². The summed E-state index contributed by atoms with van der Waals surface area (Å²) in [7, 11) is 0. The molecule has 2 rings (SSSR count). The Bertz CT molecular complexity index is 547. The van der Waals surface area contributed by atoms with Gasteiger partial charge in [-0.1, -0.05) is 22.0 Å². The maximum absolute atomic E-state index is 13.6. The second-order valence-electron chi connectivity index (χ2n) is 3.44. The van der Waals surface area contributed by atoms with E-state index in [1.165, 1.54) is 23.0 Å². The van der Waals surface area contributed by atoms with Crippen molar-refractivity contribution in [3.63, 3.8) is 0 Å². The van der Waals surface area contributed by atoms with E-state index in [2.05, 4.69) is 21.0 Å². The van der Waals surface area contributed by atoms with Gasteiger partial charge in [-0.05, 0) is 18.2 Å². The van der Waals surface area contributed by atoms with Gasteiger partial charge in [0.1, 0.15) is 11.5 Å². The lowest BCUT2D eigenvalue weighted by Gasteiger charge is -2.08. The molecule has 0 aliphatic heterocycles. The Balaban J connectivity index is 2.38. The molecule has 0 fully saturated rings. The third-order valence-electron chi connectivity index (χ3n) is 2.34. The topological polar surface area (TPSA) is 60.9 Å². The SMILES string of the molecule is NC(=O)c1ccnn1Cc1c(F)cccc1Br. The lowest BCUT2D eigenvalue weighted by atomic mass is 10.2. The summed E-state index contributed by atoms with van der Waals surface area (Å²) >= 11 is 3.26. The number of carbonyl (C=O) groups excluding carboxylic acids is 1. The van der Waals surface area contributed by atoms with Crippen LogP contribution in [0.3, 0.4) is 0 Å². The van der Waals surface area contributed by atoms with Crippen LogP contribution in [-0.2, 0) is 6.54 Å². The van der Waals surface area contributed by atoms with E-state index in [4.69, 9.17) is 5.73 Å². The van der Waals surface area contributed by atoms with E-state index in [1.54, 1.807) is 12.1 Å². The molecule has 0 bridgehead atoms. The highest BCUT2D eigenvalue weighted by atomic mass is 79.9. The predicted molar refractivity (Wildman–Crippen MR) is 63.9 cm³/mol. The summed E-state index contributed by atoms with van der Waals surface area (Å²) in [5, 5.41) is 3.94. The molecule has 0 aliphatic carbocycles. The van der Waals surface area contributed by atoms with Gasteiger partial charge < -0.3 is 5.73 Å². The number of hydrogen-bond acceptors (Lipinski definition) is 2. The van der Waals surface area contributed by atoms with Crippen LogP contribution >= 0.6 is 15.9 Å². The van der Waals surface area contributed by atoms with Gasteiger partial charge in [-0.2, -0.15) is 5.10 Å². The molecule has 0 saturated heterocycles. The monoisotopic (exact) mass is 297 g/mol. The van der Waals surface area contributed by atoms with Gasteiger partial charge in [0, 0.05) is 16.2 Å². The predicted octanol–water partition coefficient (Wildman–Crippen LogP) is 1.93. The summed E-state index contributed by atoms with van der Waals surface area (Å²) in [6.45, 7) is 0.151. The zero-order valence-electron chi connectivity index (χ0n) is 8.73. The molecule has 88 valence electrons. The molecule has 2 aromatic rings. The van der Waals surface area contributed by atoms with E-state index in [0.29, 0.717) is 10.0 Å². The van der Waals surface area contributed by atoms with Crippen LogP contribution in [0.2, 0.25) is 0 Å². The first-order valence-corrected chi connectivity index (χ1v) is 5.63. The van der Waals surface area contributed by atoms with Crippen molar-refractivity contribution in [1.82, 2.24) is 9.78 Å². The van der Waals surface area contributed by atoms with E-state index >= 15 is 0 Å². The summed E-state index contributed by atoms with van der Waals surface area (Å²) in [6, 6.07) is 6.18. The maximum Gasteiger partial charge on any atom is 0.266 e. The van der Waals surface area contributed by atoms with Crippen LogP contribution < -0.4 is 5.73 Å². The molecule has 0 unspecified atom stereocenters. The molecule has 1 aromatic carbocycles. The average molecular weight is 298 g/mol. The van der Waals surface area contributed by atoms with Gasteiger partial charge in [0.15, 0.2) is 0 Å². The van der Waals surface area contributed by atoms with Crippen LogP contribution in [0.15, 0.2) is 34.9 Å². The van der Waals surface area contributed by atoms with Gasteiger partial charge in [0.25, 0.3) is 5.91 Å². The molecular weight excluding hydrogens is 289 g/mol. The zero-order valence-corrected chi connectivity index (χ0v) is 10.3. The first-order chi connectivity index (χ1) is 8.09. The lowest BCUT2D eigenvalue weighted by Crippen LogP contribution is -2.18. The molecule has 0 atom stereocenters. The Morgan fingerprint density at radius 1 is 1.47 bits per heavy atom. The second-order valence-corrected chi connectivity index (χ2v) is 4.29. The quantitative estimate of drug-likeness (QED) is 0.941. The Labute approximate surface area is 105 Å². The molecular formula is C11H9BrFN3O. The number of aromatic nitrogens is 2. The molecule has 1 aromatic heterocycles. The number of hydrogen-bond donors (Lipinski definition) is 1. The van der Waals surface area contributed by atoms with Crippen LogP contribution in [-0.4, -0.2) is 15.7 Å². The Morgan fingerprint density at radius 3 is 2.88 bits per heavy atom. The molecule has 17 heavy (non-hydrogen) atoms. The van der Waals surface area contributed by atoms with Crippen molar-refractivity contribution in [2.75, 3.05) is 0 Å². The Morgan fingerprint density at radius 2 is 2.24 bits per heavy atom. The van der Waals surface area contributed by atoms with Gasteiger partial charge in [0.2, 0.25) is 0 Å². The summed E-state index contributed by atoms with van der Waals surface area (Å²) in [5.41, 5.74) is 5.86. The molecule has 2 N–H and O–H groups in total. The zero-order chi connectivity index (χ0) is 12.4. The number of nitrogens with zero attached hydrogens (tertiary/aromatic N) is 2. The van der Waals surface area contributed by atoms with E-state index < -0.39 is 5.91 Å². The smallest absolute Gasteiger partial charge is 0.266 e. The van der Waals surface area contributed by atoms with E-state index in [1.807, 2.05) is 0 Å². The normalized spacial score (nSPS) is 10.5. The van der Waals surface area contributed by atoms with Crippen LogP contribution in [0.1, 0.15) is 16.1 Å². The van der Waals surface area contributed by atoms with Crippen LogP contribution in [0, 0.1) is 5.82 Å². The van der Waals surface area contributed by atoms with Gasteiger partial charge >= 0.3 is 0 Å². The second kappa shape index (κ2) is 4.67. The number of rotatable bonds is 3. The summed E-state index contributed by atoms with van der Waals surface area (Å²) in [4.78, 5) is 11.1. The summed E-state index contributed by atoms with van der Waals surface area (Å²) < 4.78 is 15.6. The van der Waals surface area contributed by atoms with Gasteiger partial charge in [-0.15, -0.1) is 0 Å². The minimum Gasteiger partial charge on any atom is -0.364 e. The lowest BCUT2D eigenvalue weighted by molar-refractivity contribution is 0.0990. The first kappa shape index (κ1) is 11.8. The standard InChI is InChI=1S/C11H9BrFN3O/c12-8-2-1-3-9(13)7(8)6-16-10(11(14)17)4-5-15-16/h1-5H,6H2,(H2,14,17). The van der Waals surface area contributed by atoms with Crippen molar-refractivity contribution in [3.05, 3.63) is 52.0 Å². The van der Waals surface area contributed by atoms with E-state index in [0.717, 1.165) is 0 Å². The average Bonchev–Trinajstić information content (AvgIpc) is 2.72. The minimum atomic E-state index is -0.588. The summed E-state index contributed by atoms with van der Waals surface area (Å²) in [5.74, 6) is -0.944. The molecule has 4 nitrogen and oxygen atoms in total. The maximum atomic E-state index is 13.6. The van der Waals surface area contributed by atoms with Gasteiger partial charge in [-0.25, -0.2) is 4.39 Å². The molecule has 6 heteroatoms. The van der Waals surface area contributed by atoms with Crippen molar-refractivity contribution in [1.29, 1.82) is 0 Å². The number of carbonyl (C=O) groups is 1. The fourth-order valence-electron chi connectivity index (χ4n) is 1.50. The van der Waals surface area contributed by atoms with Crippen molar-refractivity contribution in [3.8, 4) is 0 Å². The van der Waals surface area contributed by atoms with Gasteiger partial charge in [0.05, 0.1) is 6.54 Å². The van der Waals surface area contributed by atoms with E-state index in [9.17, 15) is 9.18 Å². The molecule has 0 radical (unpaired) electrons. The van der Waals surface area contributed by atoms with Gasteiger partial charge in [-0.3, -0.25) is 9.48 Å². The molecule has 1 amide bonds. The molecule has 0 saturated carbocycles. The number of halogens is 2. The number of primary amides is 1. The molecule has 0 aliphatic rings. The van der Waals surface area contributed by atoms with Crippen molar-refractivity contribution in [2.45, 2.75) is 6.54 Å². The highest BCUT2D eigenvalue weighted by molar-refractivity contribution is 9.10. The van der Waals surface area contributed by atoms with Crippen LogP contribution in [0.25, 0.3) is 0 Å². The highest BCUT2D eigenvalue weighted by Crippen LogP contribution is 2.20. The third kappa shape index (κ3) is 2.36. The number of nitrogens with two attached hydrogens (primary N) is 1. The highest BCUT2D eigenvalue weighted by Gasteiger charge is 2.12. The van der Waals surface area contributed by atoms with Crippen molar-refractivity contribution < 1.29 is 9.18 Å². The fraction of sp³-hybridized carbons (Fsp3) is 0.0909. The Hall–Kier alpha value is -1.69. The Kier molecular flexibility index (Phi) is 3.23. The van der Waals surface area contributed by atoms with Crippen molar-refractivity contribution in [2.24, 2.45) is 5.73 Å². The largest absolute Gasteiger partial charge is 0.364 e. The first-order valence-electron chi connectivity index (χ1n) is 4.84. The minimum absolute atomic E-state index is 0.151.